The fourth-order valence-electron chi connectivity index (χ4n) is 2.99. The number of carbonyl (C=O) groups excluding carboxylic acids is 1. The summed E-state index contributed by atoms with van der Waals surface area (Å²) in [4.78, 5) is 29.9. The molecule has 0 bridgehead atoms. The van der Waals surface area contributed by atoms with Crippen molar-refractivity contribution in [2.75, 3.05) is 26.7 Å². The molecule has 1 fully saturated rings. The van der Waals surface area contributed by atoms with Gasteiger partial charge in [0.1, 0.15) is 11.8 Å². The molecule has 2 heterocycles. The van der Waals surface area contributed by atoms with Crippen LogP contribution in [0.25, 0.3) is 0 Å². The van der Waals surface area contributed by atoms with Crippen LogP contribution in [0.5, 0.6) is 0 Å². The van der Waals surface area contributed by atoms with Crippen molar-refractivity contribution in [2.45, 2.75) is 30.6 Å². The predicted molar refractivity (Wildman–Crippen MR) is 99.1 cm³/mol. The standard InChI is InChI=1S/C17H24N4O3S/c1-4-24-13(2)15(19-16(22)14-6-5-9-18-12-14)17(25-20-23)7-10-21(3)11-8-17/h5-6,9,12,15H,2,4,7-8,10-11H2,1,3H3,(H,19,22). The SMILES string of the molecule is C=C(OCC)C(NC(=O)c1cccnc1)C1(SN=O)CCN(C)CC1. The number of amides is 1. The zero-order valence-electron chi connectivity index (χ0n) is 14.6. The Hall–Kier alpha value is -1.93. The molecule has 0 aromatic carbocycles. The molecule has 1 saturated heterocycles. The smallest absolute Gasteiger partial charge is 0.253 e. The molecule has 1 atom stereocenters. The van der Waals surface area contributed by atoms with Crippen LogP contribution in [0.15, 0.2) is 41.4 Å². The Balaban J connectivity index is 2.28. The minimum Gasteiger partial charge on any atom is -0.497 e. The van der Waals surface area contributed by atoms with Crippen LogP contribution in [0.3, 0.4) is 0 Å². The maximum absolute atomic E-state index is 12.6. The van der Waals surface area contributed by atoms with E-state index in [-0.39, 0.29) is 5.91 Å². The summed E-state index contributed by atoms with van der Waals surface area (Å²) in [6.07, 6.45) is 4.51. The minimum absolute atomic E-state index is 0.274. The Labute approximate surface area is 152 Å². The van der Waals surface area contributed by atoms with Crippen molar-refractivity contribution in [3.05, 3.63) is 47.3 Å². The predicted octanol–water partition coefficient (Wildman–Crippen LogP) is 2.61. The molecule has 1 amide bonds. The number of piperidine rings is 1. The number of nitroso groups, excluding NO2 is 1. The Morgan fingerprint density at radius 3 is 2.84 bits per heavy atom. The van der Waals surface area contributed by atoms with Gasteiger partial charge in [0.25, 0.3) is 5.91 Å². The van der Waals surface area contributed by atoms with Gasteiger partial charge < -0.3 is 15.0 Å². The molecule has 8 heteroatoms. The third kappa shape index (κ3) is 4.79. The molecule has 1 aliphatic heterocycles. The van der Waals surface area contributed by atoms with Crippen molar-refractivity contribution in [1.29, 1.82) is 0 Å². The van der Waals surface area contributed by atoms with E-state index in [1.165, 1.54) is 6.20 Å². The van der Waals surface area contributed by atoms with Crippen molar-refractivity contribution >= 4 is 17.9 Å². The summed E-state index contributed by atoms with van der Waals surface area (Å²) in [5, 5.41) is 2.99. The Kier molecular flexibility index (Phi) is 6.95. The first-order valence-electron chi connectivity index (χ1n) is 8.24. The summed E-state index contributed by atoms with van der Waals surface area (Å²) in [5.74, 6) is 0.171. The molecule has 0 spiro atoms. The Morgan fingerprint density at radius 1 is 1.56 bits per heavy atom. The first-order chi connectivity index (χ1) is 12.0. The van der Waals surface area contributed by atoms with Gasteiger partial charge in [-0.1, -0.05) is 6.58 Å². The zero-order valence-corrected chi connectivity index (χ0v) is 15.4. The molecule has 2 rings (SSSR count). The van der Waals surface area contributed by atoms with Gasteiger partial charge in [-0.05, 0) is 52.0 Å². The maximum Gasteiger partial charge on any atom is 0.253 e. The summed E-state index contributed by atoms with van der Waals surface area (Å²) < 4.78 is 8.11. The van der Waals surface area contributed by atoms with Crippen molar-refractivity contribution in [3.8, 4) is 0 Å². The lowest BCUT2D eigenvalue weighted by molar-refractivity contribution is 0.0888. The highest BCUT2D eigenvalue weighted by molar-refractivity contribution is 7.99. The third-order valence-electron chi connectivity index (χ3n) is 4.43. The zero-order chi connectivity index (χ0) is 18.3. The summed E-state index contributed by atoms with van der Waals surface area (Å²) in [6, 6.07) is 2.88. The normalized spacial score (nSPS) is 18.2. The van der Waals surface area contributed by atoms with Crippen LogP contribution < -0.4 is 5.32 Å². The van der Waals surface area contributed by atoms with E-state index in [0.29, 0.717) is 30.8 Å². The quantitative estimate of drug-likeness (QED) is 0.434. The fraction of sp³-hybridized carbons (Fsp3) is 0.529. The van der Waals surface area contributed by atoms with E-state index in [4.69, 9.17) is 4.74 Å². The van der Waals surface area contributed by atoms with Crippen molar-refractivity contribution < 1.29 is 9.53 Å². The molecule has 0 radical (unpaired) electrons. The van der Waals surface area contributed by atoms with E-state index in [9.17, 15) is 9.70 Å². The molecule has 7 nitrogen and oxygen atoms in total. The van der Waals surface area contributed by atoms with E-state index >= 15 is 0 Å². The van der Waals surface area contributed by atoms with Crippen LogP contribution in [0.1, 0.15) is 30.1 Å². The Bertz CT molecular complexity index is 603. The number of hydrogen-bond donors (Lipinski definition) is 1. The second-order valence-corrected chi connectivity index (χ2v) is 7.23. The van der Waals surface area contributed by atoms with Gasteiger partial charge in [0.2, 0.25) is 0 Å². The van der Waals surface area contributed by atoms with Crippen LogP contribution >= 0.6 is 11.9 Å². The van der Waals surface area contributed by atoms with Crippen LogP contribution in [-0.4, -0.2) is 53.3 Å². The van der Waals surface area contributed by atoms with E-state index in [1.807, 2.05) is 14.0 Å². The molecular weight excluding hydrogens is 340 g/mol. The van der Waals surface area contributed by atoms with E-state index in [2.05, 4.69) is 26.4 Å². The van der Waals surface area contributed by atoms with Gasteiger partial charge in [0, 0.05) is 28.9 Å². The van der Waals surface area contributed by atoms with Gasteiger partial charge in [-0.25, -0.2) is 0 Å². The highest BCUT2D eigenvalue weighted by Gasteiger charge is 2.46. The molecular formula is C17H24N4O3S. The highest BCUT2D eigenvalue weighted by atomic mass is 32.2. The number of nitrogens with zero attached hydrogens (tertiary/aromatic N) is 3. The number of rotatable bonds is 8. The number of pyridine rings is 1. The van der Waals surface area contributed by atoms with Crippen molar-refractivity contribution in [2.24, 2.45) is 4.58 Å². The molecule has 1 aliphatic rings. The number of hydrogen-bond acceptors (Lipinski definition) is 7. The first kappa shape index (κ1) is 19.4. The lowest BCUT2D eigenvalue weighted by Gasteiger charge is -2.43. The van der Waals surface area contributed by atoms with Crippen LogP contribution in [-0.2, 0) is 4.74 Å². The number of carbonyl (C=O) groups is 1. The number of nitrogens with one attached hydrogen (secondary N) is 1. The summed E-state index contributed by atoms with van der Waals surface area (Å²) in [5.41, 5.74) is 0.448. The third-order valence-corrected chi connectivity index (χ3v) is 5.51. The van der Waals surface area contributed by atoms with Crippen LogP contribution in [0.2, 0.25) is 0 Å². The molecule has 1 aromatic heterocycles. The largest absolute Gasteiger partial charge is 0.497 e. The molecule has 0 aliphatic carbocycles. The molecule has 1 N–H and O–H groups in total. The van der Waals surface area contributed by atoms with Crippen LogP contribution in [0, 0.1) is 4.91 Å². The summed E-state index contributed by atoms with van der Waals surface area (Å²) in [7, 11) is 2.03. The van der Waals surface area contributed by atoms with Gasteiger partial charge in [-0.2, -0.15) is 0 Å². The van der Waals surface area contributed by atoms with E-state index < -0.39 is 10.8 Å². The number of ether oxygens (including phenoxy) is 1. The van der Waals surface area contributed by atoms with Gasteiger partial charge in [-0.15, -0.1) is 4.91 Å². The molecule has 1 aromatic rings. The second-order valence-electron chi connectivity index (χ2n) is 6.08. The number of likely N-dealkylation sites (tertiary alicyclic amines) is 1. The second kappa shape index (κ2) is 8.96. The molecule has 1 unspecified atom stereocenters. The van der Waals surface area contributed by atoms with E-state index in [0.717, 1.165) is 25.0 Å². The van der Waals surface area contributed by atoms with E-state index in [1.54, 1.807) is 18.3 Å². The average molecular weight is 364 g/mol. The van der Waals surface area contributed by atoms with Crippen molar-refractivity contribution in [1.82, 2.24) is 15.2 Å². The van der Waals surface area contributed by atoms with Gasteiger partial charge in [0.15, 0.2) is 0 Å². The first-order valence-corrected chi connectivity index (χ1v) is 9.01. The van der Waals surface area contributed by atoms with Gasteiger partial charge in [0.05, 0.1) is 16.9 Å². The molecule has 0 saturated carbocycles. The number of aromatic nitrogens is 1. The topological polar surface area (TPSA) is 83.9 Å². The van der Waals surface area contributed by atoms with Gasteiger partial charge in [-0.3, -0.25) is 9.78 Å². The summed E-state index contributed by atoms with van der Waals surface area (Å²) in [6.45, 7) is 7.90. The summed E-state index contributed by atoms with van der Waals surface area (Å²) >= 11 is 0.973. The minimum atomic E-state index is -0.571. The Morgan fingerprint density at radius 2 is 2.28 bits per heavy atom. The van der Waals surface area contributed by atoms with Gasteiger partial charge >= 0.3 is 0 Å². The molecule has 25 heavy (non-hydrogen) atoms. The molecule has 136 valence electrons. The van der Waals surface area contributed by atoms with Crippen molar-refractivity contribution in [3.63, 3.8) is 0 Å². The average Bonchev–Trinajstić information content (AvgIpc) is 2.63. The maximum atomic E-state index is 12.6. The lowest BCUT2D eigenvalue weighted by atomic mass is 9.87. The fourth-order valence-corrected chi connectivity index (χ4v) is 3.80. The van der Waals surface area contributed by atoms with Crippen LogP contribution in [0.4, 0.5) is 0 Å². The monoisotopic (exact) mass is 364 g/mol. The highest BCUT2D eigenvalue weighted by Crippen LogP contribution is 2.42. The lowest BCUT2D eigenvalue weighted by Crippen LogP contribution is -2.56.